The Hall–Kier alpha value is -2.34. The lowest BCUT2D eigenvalue weighted by molar-refractivity contribution is -0.131. The number of para-hydroxylation sites is 1. The molecule has 0 unspecified atom stereocenters. The lowest BCUT2D eigenvalue weighted by Gasteiger charge is -2.14. The molecule has 0 fully saturated rings. The zero-order chi connectivity index (χ0) is 15.9. The van der Waals surface area contributed by atoms with Crippen molar-refractivity contribution in [2.75, 3.05) is 0 Å². The maximum Gasteiger partial charge on any atom is 0.308 e. The van der Waals surface area contributed by atoms with Gasteiger partial charge in [-0.15, -0.1) is 11.3 Å². The lowest BCUT2D eigenvalue weighted by atomic mass is 10.3. The zero-order valence-electron chi connectivity index (χ0n) is 12.5. The Kier molecular flexibility index (Phi) is 3.62. The van der Waals surface area contributed by atoms with Crippen LogP contribution in [0.15, 0.2) is 35.1 Å². The third-order valence-corrected chi connectivity index (χ3v) is 4.14. The summed E-state index contributed by atoms with van der Waals surface area (Å²) in [5.41, 5.74) is 0.580. The summed E-state index contributed by atoms with van der Waals surface area (Å²) >= 11 is 1.39. The van der Waals surface area contributed by atoms with Crippen molar-refractivity contribution < 1.29 is 14.3 Å². The highest BCUT2D eigenvalue weighted by Crippen LogP contribution is 2.38. The van der Waals surface area contributed by atoms with Crippen molar-refractivity contribution in [3.05, 3.63) is 40.7 Å². The number of nitrogens with zero attached hydrogens (tertiary/aromatic N) is 1. The van der Waals surface area contributed by atoms with E-state index in [1.165, 1.54) is 24.3 Å². The Morgan fingerprint density at radius 1 is 1.27 bits per heavy atom. The molecular weight excluding hydrogens is 302 g/mol. The van der Waals surface area contributed by atoms with Gasteiger partial charge < -0.3 is 9.47 Å². The first-order chi connectivity index (χ1) is 10.5. The van der Waals surface area contributed by atoms with Gasteiger partial charge in [0.25, 0.3) is 5.56 Å². The summed E-state index contributed by atoms with van der Waals surface area (Å²) in [5.74, 6) is 0.135. The van der Waals surface area contributed by atoms with E-state index in [0.717, 1.165) is 10.2 Å². The summed E-state index contributed by atoms with van der Waals surface area (Å²) < 4.78 is 13.5. The fourth-order valence-electron chi connectivity index (χ4n) is 2.28. The maximum absolute atomic E-state index is 12.4. The zero-order valence-corrected chi connectivity index (χ0v) is 13.3. The van der Waals surface area contributed by atoms with Crippen LogP contribution in [0.2, 0.25) is 0 Å². The number of ether oxygens (including phenoxy) is 2. The molecule has 0 spiro atoms. The predicted molar refractivity (Wildman–Crippen MR) is 86.1 cm³/mol. The van der Waals surface area contributed by atoms with Crippen LogP contribution in [0.1, 0.15) is 20.8 Å². The number of fused-ring (bicyclic) bond motifs is 3. The molecule has 3 rings (SSSR count). The first-order valence-corrected chi connectivity index (χ1v) is 7.71. The number of carbonyl (C=O) groups is 1. The SMILES string of the molecule is CC(=O)Oc1c(OC(C)C)cc(=O)n2c1sc1ccccc12. The molecule has 114 valence electrons. The van der Waals surface area contributed by atoms with Gasteiger partial charge in [0.1, 0.15) is 0 Å². The highest BCUT2D eigenvalue weighted by atomic mass is 32.1. The summed E-state index contributed by atoms with van der Waals surface area (Å²) in [5, 5.41) is 0. The molecule has 2 heterocycles. The van der Waals surface area contributed by atoms with Gasteiger partial charge in [0.15, 0.2) is 10.6 Å². The maximum atomic E-state index is 12.4. The minimum atomic E-state index is -0.452. The first-order valence-electron chi connectivity index (χ1n) is 6.89. The van der Waals surface area contributed by atoms with Gasteiger partial charge in [-0.1, -0.05) is 12.1 Å². The van der Waals surface area contributed by atoms with Crippen molar-refractivity contribution in [1.29, 1.82) is 0 Å². The van der Waals surface area contributed by atoms with Crippen LogP contribution in [0.4, 0.5) is 0 Å². The van der Waals surface area contributed by atoms with E-state index in [2.05, 4.69) is 0 Å². The monoisotopic (exact) mass is 317 g/mol. The topological polar surface area (TPSA) is 57.0 Å². The Balaban J connectivity index is 2.39. The summed E-state index contributed by atoms with van der Waals surface area (Å²) in [4.78, 5) is 24.4. The highest BCUT2D eigenvalue weighted by molar-refractivity contribution is 7.24. The lowest BCUT2D eigenvalue weighted by Crippen LogP contribution is -2.16. The van der Waals surface area contributed by atoms with Crippen molar-refractivity contribution in [2.45, 2.75) is 26.9 Å². The number of carbonyl (C=O) groups excluding carboxylic acids is 1. The molecule has 0 saturated heterocycles. The molecule has 3 aromatic rings. The average Bonchev–Trinajstić information content (AvgIpc) is 2.82. The molecule has 6 heteroatoms. The number of rotatable bonds is 3. The summed E-state index contributed by atoms with van der Waals surface area (Å²) in [6.45, 7) is 5.03. The van der Waals surface area contributed by atoms with Crippen LogP contribution in [0.25, 0.3) is 15.0 Å². The number of aromatic nitrogens is 1. The molecule has 0 radical (unpaired) electrons. The molecule has 0 atom stereocenters. The van der Waals surface area contributed by atoms with Gasteiger partial charge in [-0.05, 0) is 26.0 Å². The van der Waals surface area contributed by atoms with Gasteiger partial charge in [0.05, 0.1) is 22.4 Å². The molecule has 1 aromatic carbocycles. The van der Waals surface area contributed by atoms with E-state index < -0.39 is 5.97 Å². The van der Waals surface area contributed by atoms with E-state index in [1.54, 1.807) is 4.40 Å². The van der Waals surface area contributed by atoms with Gasteiger partial charge in [-0.25, -0.2) is 0 Å². The second kappa shape index (κ2) is 5.46. The molecule has 0 aliphatic rings. The van der Waals surface area contributed by atoms with Gasteiger partial charge >= 0.3 is 5.97 Å². The molecular formula is C16H15NO4S. The molecule has 0 amide bonds. The van der Waals surface area contributed by atoms with Crippen molar-refractivity contribution in [2.24, 2.45) is 0 Å². The second-order valence-electron chi connectivity index (χ2n) is 5.15. The minimum Gasteiger partial charge on any atom is -0.487 e. The van der Waals surface area contributed by atoms with Gasteiger partial charge in [-0.3, -0.25) is 14.0 Å². The van der Waals surface area contributed by atoms with Crippen molar-refractivity contribution in [3.8, 4) is 11.5 Å². The Morgan fingerprint density at radius 3 is 2.68 bits per heavy atom. The van der Waals surface area contributed by atoms with Crippen LogP contribution < -0.4 is 15.0 Å². The fourth-order valence-corrected chi connectivity index (χ4v) is 3.41. The molecule has 22 heavy (non-hydrogen) atoms. The first kappa shape index (κ1) is 14.6. The quantitative estimate of drug-likeness (QED) is 0.696. The normalized spacial score (nSPS) is 11.3. The van der Waals surface area contributed by atoms with Crippen LogP contribution in [-0.4, -0.2) is 16.5 Å². The van der Waals surface area contributed by atoms with Gasteiger partial charge in [-0.2, -0.15) is 0 Å². The van der Waals surface area contributed by atoms with Crippen molar-refractivity contribution in [3.63, 3.8) is 0 Å². The standard InChI is InChI=1S/C16H15NO4S/c1-9(2)20-12-8-14(19)17-11-6-4-5-7-13(11)22-16(17)15(12)21-10(3)18/h4-9H,1-3H3. The largest absolute Gasteiger partial charge is 0.487 e. The Bertz CT molecular complexity index is 923. The molecule has 0 saturated carbocycles. The van der Waals surface area contributed by atoms with E-state index in [0.29, 0.717) is 16.3 Å². The fraction of sp³-hybridized carbons (Fsp3) is 0.250. The number of benzene rings is 1. The number of thiazole rings is 1. The van der Waals surface area contributed by atoms with E-state index in [1.807, 2.05) is 38.1 Å². The summed E-state index contributed by atoms with van der Waals surface area (Å²) in [6, 6.07) is 8.92. The molecule has 5 nitrogen and oxygen atoms in total. The molecule has 2 aromatic heterocycles. The predicted octanol–water partition coefficient (Wildman–Crippen LogP) is 3.23. The molecule has 0 bridgehead atoms. The van der Waals surface area contributed by atoms with Gasteiger partial charge in [0.2, 0.25) is 5.75 Å². The highest BCUT2D eigenvalue weighted by Gasteiger charge is 2.19. The van der Waals surface area contributed by atoms with Crippen LogP contribution in [0.5, 0.6) is 11.5 Å². The third-order valence-electron chi connectivity index (χ3n) is 3.02. The number of pyridine rings is 1. The Labute approximate surface area is 130 Å². The summed E-state index contributed by atoms with van der Waals surface area (Å²) in [7, 11) is 0. The van der Waals surface area contributed by atoms with Crippen LogP contribution >= 0.6 is 11.3 Å². The smallest absolute Gasteiger partial charge is 0.308 e. The van der Waals surface area contributed by atoms with Crippen molar-refractivity contribution >= 4 is 32.4 Å². The van der Waals surface area contributed by atoms with Crippen molar-refractivity contribution in [1.82, 2.24) is 4.40 Å². The Morgan fingerprint density at radius 2 is 2.00 bits per heavy atom. The molecule has 0 N–H and O–H groups in total. The summed E-state index contributed by atoms with van der Waals surface area (Å²) in [6.07, 6.45) is -0.134. The van der Waals surface area contributed by atoms with Gasteiger partial charge in [0, 0.05) is 6.92 Å². The van der Waals surface area contributed by atoms with E-state index in [9.17, 15) is 9.59 Å². The third kappa shape index (κ3) is 2.46. The number of hydrogen-bond acceptors (Lipinski definition) is 5. The van der Waals surface area contributed by atoms with Crippen LogP contribution in [0, 0.1) is 0 Å². The number of hydrogen-bond donors (Lipinski definition) is 0. The average molecular weight is 317 g/mol. The minimum absolute atomic E-state index is 0.134. The second-order valence-corrected chi connectivity index (χ2v) is 6.18. The van der Waals surface area contributed by atoms with Crippen LogP contribution in [0.3, 0.4) is 0 Å². The van der Waals surface area contributed by atoms with E-state index >= 15 is 0 Å². The molecule has 0 aliphatic heterocycles. The van der Waals surface area contributed by atoms with E-state index in [-0.39, 0.29) is 11.7 Å². The number of esters is 1. The van der Waals surface area contributed by atoms with Crippen LogP contribution in [-0.2, 0) is 4.79 Å². The van der Waals surface area contributed by atoms with E-state index in [4.69, 9.17) is 9.47 Å². The molecule has 0 aliphatic carbocycles.